The smallest absolute Gasteiger partial charge is 0.231 e. The van der Waals surface area contributed by atoms with Crippen LogP contribution in [-0.4, -0.2) is 29.5 Å². The standard InChI is InChI=1S/C15H23N3O2S/c1-5-14(10-16)21(19,20)18(6-2)15(12(3)4)13-8-7-9-17-11-13/h7-9,11-12,14-15H,5-6H2,1-4H3/t14-,15-/m1/s1. The second kappa shape index (κ2) is 7.53. The molecule has 0 saturated carbocycles. The van der Waals surface area contributed by atoms with Gasteiger partial charge >= 0.3 is 0 Å². The van der Waals surface area contributed by atoms with Crippen LogP contribution in [0.1, 0.15) is 45.7 Å². The van der Waals surface area contributed by atoms with Crippen LogP contribution in [0.15, 0.2) is 24.5 Å². The van der Waals surface area contributed by atoms with Crippen molar-refractivity contribution in [2.24, 2.45) is 5.92 Å². The Kier molecular flexibility index (Phi) is 6.31. The van der Waals surface area contributed by atoms with E-state index in [1.54, 1.807) is 32.3 Å². The number of hydrogen-bond acceptors (Lipinski definition) is 4. The lowest BCUT2D eigenvalue weighted by Crippen LogP contribution is -2.42. The summed E-state index contributed by atoms with van der Waals surface area (Å²) in [6.07, 6.45) is 3.64. The summed E-state index contributed by atoms with van der Waals surface area (Å²) in [5, 5.41) is 8.12. The zero-order valence-electron chi connectivity index (χ0n) is 13.0. The molecule has 6 heteroatoms. The van der Waals surface area contributed by atoms with E-state index in [0.29, 0.717) is 6.54 Å². The maximum atomic E-state index is 12.7. The molecule has 0 amide bonds. The second-order valence-corrected chi connectivity index (χ2v) is 7.32. The van der Waals surface area contributed by atoms with Gasteiger partial charge in [-0.05, 0) is 24.0 Å². The molecule has 0 aliphatic rings. The van der Waals surface area contributed by atoms with Crippen molar-refractivity contribution in [2.45, 2.75) is 45.4 Å². The summed E-state index contributed by atoms with van der Waals surface area (Å²) in [6, 6.07) is 5.27. The summed E-state index contributed by atoms with van der Waals surface area (Å²) >= 11 is 0. The van der Waals surface area contributed by atoms with Crippen molar-refractivity contribution in [1.82, 2.24) is 9.29 Å². The van der Waals surface area contributed by atoms with Crippen molar-refractivity contribution in [2.75, 3.05) is 6.54 Å². The molecule has 0 radical (unpaired) electrons. The third kappa shape index (κ3) is 3.80. The van der Waals surface area contributed by atoms with Gasteiger partial charge in [-0.2, -0.15) is 9.57 Å². The van der Waals surface area contributed by atoms with E-state index in [1.807, 2.05) is 26.0 Å². The average Bonchev–Trinajstić information content (AvgIpc) is 2.45. The maximum Gasteiger partial charge on any atom is 0.231 e. The molecule has 1 heterocycles. The summed E-state index contributed by atoms with van der Waals surface area (Å²) < 4.78 is 26.9. The fourth-order valence-electron chi connectivity index (χ4n) is 2.50. The monoisotopic (exact) mass is 309 g/mol. The summed E-state index contributed by atoms with van der Waals surface area (Å²) in [6.45, 7) is 7.80. The topological polar surface area (TPSA) is 74.1 Å². The number of nitriles is 1. The van der Waals surface area contributed by atoms with E-state index in [9.17, 15) is 8.42 Å². The Morgan fingerprint density at radius 2 is 2.05 bits per heavy atom. The lowest BCUT2D eigenvalue weighted by atomic mass is 9.97. The summed E-state index contributed by atoms with van der Waals surface area (Å²) in [4.78, 5) is 4.09. The molecule has 0 spiro atoms. The minimum Gasteiger partial charge on any atom is -0.264 e. The number of rotatable bonds is 7. The van der Waals surface area contributed by atoms with E-state index in [-0.39, 0.29) is 18.4 Å². The normalized spacial score (nSPS) is 14.9. The fourth-order valence-corrected chi connectivity index (χ4v) is 4.42. The molecule has 21 heavy (non-hydrogen) atoms. The van der Waals surface area contributed by atoms with E-state index in [2.05, 4.69) is 4.98 Å². The predicted molar refractivity (Wildman–Crippen MR) is 82.8 cm³/mol. The minimum absolute atomic E-state index is 0.0834. The zero-order valence-corrected chi connectivity index (χ0v) is 13.8. The quantitative estimate of drug-likeness (QED) is 0.776. The van der Waals surface area contributed by atoms with Crippen LogP contribution < -0.4 is 0 Å². The highest BCUT2D eigenvalue weighted by Gasteiger charge is 2.36. The van der Waals surface area contributed by atoms with Crippen LogP contribution in [0.5, 0.6) is 0 Å². The Morgan fingerprint density at radius 1 is 1.38 bits per heavy atom. The van der Waals surface area contributed by atoms with E-state index >= 15 is 0 Å². The van der Waals surface area contributed by atoms with E-state index in [1.165, 1.54) is 4.31 Å². The van der Waals surface area contributed by atoms with Crippen LogP contribution >= 0.6 is 0 Å². The summed E-state index contributed by atoms with van der Waals surface area (Å²) in [7, 11) is -3.66. The van der Waals surface area contributed by atoms with Crippen molar-refractivity contribution >= 4 is 10.0 Å². The summed E-state index contributed by atoms with van der Waals surface area (Å²) in [5.74, 6) is 0.0834. The lowest BCUT2D eigenvalue weighted by molar-refractivity contribution is 0.269. The van der Waals surface area contributed by atoms with Crippen LogP contribution in [0.2, 0.25) is 0 Å². The van der Waals surface area contributed by atoms with Crippen LogP contribution in [0.3, 0.4) is 0 Å². The molecule has 0 unspecified atom stereocenters. The molecule has 1 rings (SSSR count). The summed E-state index contributed by atoms with van der Waals surface area (Å²) in [5.41, 5.74) is 0.853. The molecular formula is C15H23N3O2S. The highest BCUT2D eigenvalue weighted by molar-refractivity contribution is 7.90. The Bertz CT molecular complexity index is 579. The molecule has 0 bridgehead atoms. The van der Waals surface area contributed by atoms with Gasteiger partial charge in [0.25, 0.3) is 0 Å². The third-order valence-corrected chi connectivity index (χ3v) is 5.78. The largest absolute Gasteiger partial charge is 0.264 e. The van der Waals surface area contributed by atoms with Gasteiger partial charge in [-0.15, -0.1) is 0 Å². The molecule has 0 aliphatic heterocycles. The average molecular weight is 309 g/mol. The van der Waals surface area contributed by atoms with Gasteiger partial charge in [0.05, 0.1) is 12.1 Å². The first kappa shape index (κ1) is 17.6. The minimum atomic E-state index is -3.66. The van der Waals surface area contributed by atoms with Crippen molar-refractivity contribution in [3.63, 3.8) is 0 Å². The fraction of sp³-hybridized carbons (Fsp3) is 0.600. The van der Waals surface area contributed by atoms with Crippen LogP contribution in [-0.2, 0) is 10.0 Å². The molecular weight excluding hydrogens is 286 g/mol. The van der Waals surface area contributed by atoms with Gasteiger partial charge in [0.15, 0.2) is 5.25 Å². The third-order valence-electron chi connectivity index (χ3n) is 3.48. The van der Waals surface area contributed by atoms with Crippen LogP contribution in [0, 0.1) is 17.2 Å². The Morgan fingerprint density at radius 3 is 2.43 bits per heavy atom. The molecule has 0 aliphatic carbocycles. The number of hydrogen-bond donors (Lipinski definition) is 0. The van der Waals surface area contributed by atoms with E-state index in [0.717, 1.165) is 5.56 Å². The molecule has 116 valence electrons. The van der Waals surface area contributed by atoms with Crippen LogP contribution in [0.4, 0.5) is 0 Å². The lowest BCUT2D eigenvalue weighted by Gasteiger charge is -2.34. The molecule has 1 aromatic rings. The highest BCUT2D eigenvalue weighted by Crippen LogP contribution is 2.32. The second-order valence-electron chi connectivity index (χ2n) is 5.25. The van der Waals surface area contributed by atoms with E-state index in [4.69, 9.17) is 5.26 Å². The predicted octanol–water partition coefficient (Wildman–Crippen LogP) is 2.73. The number of pyridine rings is 1. The van der Waals surface area contributed by atoms with Gasteiger partial charge in [-0.3, -0.25) is 4.98 Å². The van der Waals surface area contributed by atoms with Gasteiger partial charge in [0, 0.05) is 18.9 Å². The zero-order chi connectivity index (χ0) is 16.0. The van der Waals surface area contributed by atoms with Crippen molar-refractivity contribution in [3.8, 4) is 6.07 Å². The Hall–Kier alpha value is -1.45. The first-order chi connectivity index (χ1) is 9.89. The first-order valence-corrected chi connectivity index (χ1v) is 8.70. The van der Waals surface area contributed by atoms with Crippen molar-refractivity contribution in [1.29, 1.82) is 5.26 Å². The molecule has 0 saturated heterocycles. The van der Waals surface area contributed by atoms with Gasteiger partial charge < -0.3 is 0 Å². The Labute approximate surface area is 127 Å². The van der Waals surface area contributed by atoms with Gasteiger partial charge in [0.1, 0.15) is 0 Å². The Balaban J connectivity index is 3.31. The molecule has 0 aromatic carbocycles. The molecule has 0 N–H and O–H groups in total. The van der Waals surface area contributed by atoms with E-state index < -0.39 is 15.3 Å². The maximum absolute atomic E-state index is 12.7. The number of nitrogens with zero attached hydrogens (tertiary/aromatic N) is 3. The first-order valence-electron chi connectivity index (χ1n) is 7.20. The number of sulfonamides is 1. The SMILES string of the molecule is CC[C@H](C#N)S(=O)(=O)N(CC)[C@@H](c1cccnc1)C(C)C. The van der Waals surface area contributed by atoms with Gasteiger partial charge in [-0.25, -0.2) is 8.42 Å². The van der Waals surface area contributed by atoms with Crippen molar-refractivity contribution in [3.05, 3.63) is 30.1 Å². The molecule has 0 fully saturated rings. The van der Waals surface area contributed by atoms with Crippen LogP contribution in [0.25, 0.3) is 0 Å². The molecule has 1 aromatic heterocycles. The van der Waals surface area contributed by atoms with Crippen molar-refractivity contribution < 1.29 is 8.42 Å². The van der Waals surface area contributed by atoms with Gasteiger partial charge in [0.2, 0.25) is 10.0 Å². The molecule has 2 atom stereocenters. The van der Waals surface area contributed by atoms with Gasteiger partial charge in [-0.1, -0.05) is 33.8 Å². The number of aromatic nitrogens is 1. The molecule has 5 nitrogen and oxygen atoms in total. The highest BCUT2D eigenvalue weighted by atomic mass is 32.2.